The first-order chi connectivity index (χ1) is 15.6. The summed E-state index contributed by atoms with van der Waals surface area (Å²) < 4.78 is 17.4. The van der Waals surface area contributed by atoms with Crippen molar-refractivity contribution in [3.63, 3.8) is 0 Å². The van der Waals surface area contributed by atoms with E-state index >= 15 is 0 Å². The van der Waals surface area contributed by atoms with Gasteiger partial charge in [0, 0.05) is 16.8 Å². The van der Waals surface area contributed by atoms with Crippen LogP contribution in [0.5, 0.6) is 11.6 Å². The largest absolute Gasteiger partial charge is 0.462 e. The Hall–Kier alpha value is -3.35. The van der Waals surface area contributed by atoms with Crippen molar-refractivity contribution in [2.45, 2.75) is 12.0 Å². The molecule has 0 bridgehead atoms. The van der Waals surface area contributed by atoms with E-state index in [1.807, 2.05) is 42.6 Å². The SMILES string of the molecule is NC1=N[C@@]2(CO1)c1cc(-c3cccc(Cl)c3)ccc1Oc1ncc(C3=CCOCC3)cc12. The summed E-state index contributed by atoms with van der Waals surface area (Å²) in [5.41, 5.74) is 11.2. The zero-order chi connectivity index (χ0) is 21.7. The fourth-order valence-electron chi connectivity index (χ4n) is 4.54. The highest BCUT2D eigenvalue weighted by atomic mass is 35.5. The van der Waals surface area contributed by atoms with Crippen molar-refractivity contribution in [3.05, 3.63) is 82.5 Å². The van der Waals surface area contributed by atoms with E-state index < -0.39 is 5.54 Å². The molecule has 3 aromatic rings. The normalized spacial score (nSPS) is 21.2. The van der Waals surface area contributed by atoms with E-state index in [4.69, 9.17) is 36.5 Å². The Kier molecular flexibility index (Phi) is 4.45. The predicted octanol–water partition coefficient (Wildman–Crippen LogP) is 4.90. The topological polar surface area (TPSA) is 79.0 Å². The van der Waals surface area contributed by atoms with Crippen LogP contribution in [0.15, 0.2) is 65.8 Å². The number of nitrogens with zero attached hydrogens (tertiary/aromatic N) is 2. The van der Waals surface area contributed by atoms with Gasteiger partial charge in [-0.15, -0.1) is 0 Å². The molecular weight excluding hydrogens is 426 g/mol. The van der Waals surface area contributed by atoms with Crippen molar-refractivity contribution in [3.8, 4) is 22.8 Å². The summed E-state index contributed by atoms with van der Waals surface area (Å²) in [6.45, 7) is 1.59. The Morgan fingerprint density at radius 1 is 1.00 bits per heavy atom. The highest BCUT2D eigenvalue weighted by molar-refractivity contribution is 6.30. The molecule has 6 nitrogen and oxygen atoms in total. The molecule has 3 aliphatic heterocycles. The van der Waals surface area contributed by atoms with E-state index in [1.165, 1.54) is 5.57 Å². The van der Waals surface area contributed by atoms with Crippen LogP contribution in [0.25, 0.3) is 16.7 Å². The molecule has 1 aromatic heterocycles. The lowest BCUT2D eigenvalue weighted by atomic mass is 9.80. The van der Waals surface area contributed by atoms with Gasteiger partial charge >= 0.3 is 0 Å². The number of hydrogen-bond donors (Lipinski definition) is 1. The molecule has 3 aliphatic rings. The molecule has 2 aromatic carbocycles. The third kappa shape index (κ3) is 3.06. The number of nitrogens with two attached hydrogens (primary N) is 1. The van der Waals surface area contributed by atoms with Crippen LogP contribution in [0.1, 0.15) is 23.1 Å². The van der Waals surface area contributed by atoms with E-state index in [1.54, 1.807) is 0 Å². The van der Waals surface area contributed by atoms with Crippen LogP contribution < -0.4 is 10.5 Å². The fraction of sp³-hybridized carbons (Fsp3) is 0.200. The molecule has 1 atom stereocenters. The Labute approximate surface area is 190 Å². The number of fused-ring (bicyclic) bond motifs is 4. The van der Waals surface area contributed by atoms with E-state index in [0.717, 1.165) is 34.2 Å². The zero-order valence-electron chi connectivity index (χ0n) is 17.2. The summed E-state index contributed by atoms with van der Waals surface area (Å²) in [6.07, 6.45) is 4.78. The Morgan fingerprint density at radius 2 is 1.88 bits per heavy atom. The van der Waals surface area contributed by atoms with Crippen LogP contribution in [0, 0.1) is 0 Å². The smallest absolute Gasteiger partial charge is 0.283 e. The molecule has 6 rings (SSSR count). The number of halogens is 1. The van der Waals surface area contributed by atoms with Gasteiger partial charge in [-0.2, -0.15) is 0 Å². The van der Waals surface area contributed by atoms with Gasteiger partial charge in [-0.1, -0.05) is 35.9 Å². The summed E-state index contributed by atoms with van der Waals surface area (Å²) in [7, 11) is 0. The van der Waals surface area contributed by atoms with Crippen molar-refractivity contribution in [1.82, 2.24) is 4.98 Å². The maximum atomic E-state index is 6.23. The van der Waals surface area contributed by atoms with Gasteiger partial charge < -0.3 is 19.9 Å². The Balaban J connectivity index is 1.53. The lowest BCUT2D eigenvalue weighted by molar-refractivity contribution is 0.161. The molecule has 1 spiro atoms. The van der Waals surface area contributed by atoms with Crippen molar-refractivity contribution < 1.29 is 14.2 Å². The number of rotatable bonds is 2. The van der Waals surface area contributed by atoms with Gasteiger partial charge in [0.1, 0.15) is 12.4 Å². The number of ether oxygens (including phenoxy) is 3. The number of aromatic nitrogens is 1. The number of aliphatic imine (C=N–C) groups is 1. The monoisotopic (exact) mass is 445 g/mol. The zero-order valence-corrected chi connectivity index (χ0v) is 17.9. The van der Waals surface area contributed by atoms with Crippen molar-refractivity contribution in [2.75, 3.05) is 19.8 Å². The Morgan fingerprint density at radius 3 is 2.66 bits per heavy atom. The van der Waals surface area contributed by atoms with Crippen LogP contribution in [0.2, 0.25) is 5.02 Å². The lowest BCUT2D eigenvalue weighted by Crippen LogP contribution is -2.31. The first-order valence-electron chi connectivity index (χ1n) is 10.5. The summed E-state index contributed by atoms with van der Waals surface area (Å²) in [5, 5.41) is 0.682. The summed E-state index contributed by atoms with van der Waals surface area (Å²) in [6, 6.07) is 16.0. The maximum Gasteiger partial charge on any atom is 0.283 e. The van der Waals surface area contributed by atoms with Gasteiger partial charge in [0.25, 0.3) is 6.02 Å². The molecule has 0 aliphatic carbocycles. The number of pyridine rings is 1. The number of benzene rings is 2. The number of hydrogen-bond acceptors (Lipinski definition) is 6. The van der Waals surface area contributed by atoms with Gasteiger partial charge in [-0.25, -0.2) is 9.98 Å². The van der Waals surface area contributed by atoms with Crippen molar-refractivity contribution >= 4 is 23.2 Å². The molecule has 32 heavy (non-hydrogen) atoms. The molecule has 160 valence electrons. The second-order valence-electron chi connectivity index (χ2n) is 8.05. The molecule has 7 heteroatoms. The van der Waals surface area contributed by atoms with Crippen LogP contribution in [0.3, 0.4) is 0 Å². The molecular formula is C25H20ClN3O3. The average Bonchev–Trinajstić information content (AvgIpc) is 3.22. The predicted molar refractivity (Wildman–Crippen MR) is 123 cm³/mol. The first-order valence-corrected chi connectivity index (χ1v) is 10.8. The second kappa shape index (κ2) is 7.36. The molecule has 0 saturated carbocycles. The molecule has 0 amide bonds. The standard InChI is InChI=1S/C25H20ClN3O3/c26-19-3-1-2-16(10-19)17-4-5-22-20(11-17)25(14-31-24(27)29-25)21-12-18(13-28-23(21)32-22)15-6-8-30-9-7-15/h1-6,10-13H,7-9,14H2,(H2,27,29)/t25-/m0/s1. The third-order valence-corrected chi connectivity index (χ3v) is 6.39. The van der Waals surface area contributed by atoms with Crippen molar-refractivity contribution in [2.24, 2.45) is 10.7 Å². The van der Waals surface area contributed by atoms with Crippen LogP contribution in [0.4, 0.5) is 0 Å². The quantitative estimate of drug-likeness (QED) is 0.607. The van der Waals surface area contributed by atoms with Gasteiger partial charge in [0.2, 0.25) is 5.88 Å². The van der Waals surface area contributed by atoms with Gasteiger partial charge in [0.15, 0.2) is 5.54 Å². The number of amidine groups is 1. The van der Waals surface area contributed by atoms with Crippen LogP contribution >= 0.6 is 11.6 Å². The molecule has 0 saturated heterocycles. The molecule has 0 fully saturated rings. The first kappa shape index (κ1) is 19.3. The fourth-order valence-corrected chi connectivity index (χ4v) is 4.73. The minimum atomic E-state index is -0.823. The minimum Gasteiger partial charge on any atom is -0.462 e. The summed E-state index contributed by atoms with van der Waals surface area (Å²) in [4.78, 5) is 9.43. The Bertz CT molecular complexity index is 1300. The lowest BCUT2D eigenvalue weighted by Gasteiger charge is -2.33. The molecule has 0 radical (unpaired) electrons. The minimum absolute atomic E-state index is 0.160. The van der Waals surface area contributed by atoms with Crippen LogP contribution in [-0.4, -0.2) is 30.8 Å². The van der Waals surface area contributed by atoms with E-state index in [0.29, 0.717) is 29.9 Å². The highest BCUT2D eigenvalue weighted by Crippen LogP contribution is 2.51. The summed E-state index contributed by atoms with van der Waals surface area (Å²) >= 11 is 6.23. The maximum absolute atomic E-state index is 6.23. The van der Waals surface area contributed by atoms with Gasteiger partial charge in [0.05, 0.1) is 18.8 Å². The molecule has 4 heterocycles. The third-order valence-electron chi connectivity index (χ3n) is 6.15. The van der Waals surface area contributed by atoms with Crippen molar-refractivity contribution in [1.29, 1.82) is 0 Å². The van der Waals surface area contributed by atoms with E-state index in [2.05, 4.69) is 23.2 Å². The van der Waals surface area contributed by atoms with E-state index in [9.17, 15) is 0 Å². The summed E-state index contributed by atoms with van der Waals surface area (Å²) in [5.74, 6) is 1.21. The molecule has 0 unspecified atom stereocenters. The van der Waals surface area contributed by atoms with Crippen LogP contribution in [-0.2, 0) is 15.0 Å². The molecule has 2 N–H and O–H groups in total. The van der Waals surface area contributed by atoms with E-state index in [-0.39, 0.29) is 12.6 Å². The highest BCUT2D eigenvalue weighted by Gasteiger charge is 2.48. The van der Waals surface area contributed by atoms with Gasteiger partial charge in [-0.05, 0) is 59.0 Å². The average molecular weight is 446 g/mol. The second-order valence-corrected chi connectivity index (χ2v) is 8.49. The van der Waals surface area contributed by atoms with Gasteiger partial charge in [-0.3, -0.25) is 0 Å².